The maximum Gasteiger partial charge on any atom is 0.183 e. The number of aromatic amines is 1. The molecule has 2 N–H and O–H groups in total. The van der Waals surface area contributed by atoms with Crippen molar-refractivity contribution in [2.24, 2.45) is 5.92 Å². The van der Waals surface area contributed by atoms with Gasteiger partial charge in [-0.15, -0.1) is 0 Å². The number of H-pyrrole nitrogens is 1. The van der Waals surface area contributed by atoms with Gasteiger partial charge in [0.25, 0.3) is 0 Å². The van der Waals surface area contributed by atoms with E-state index in [9.17, 15) is 0 Å². The topological polar surface area (TPSA) is 53.6 Å². The molecule has 1 fully saturated rings. The van der Waals surface area contributed by atoms with Crippen LogP contribution < -0.4 is 5.32 Å². The molecule has 1 aliphatic rings. The van der Waals surface area contributed by atoms with E-state index in [4.69, 9.17) is 0 Å². The lowest BCUT2D eigenvalue weighted by atomic mass is 9.86. The summed E-state index contributed by atoms with van der Waals surface area (Å²) in [7, 11) is 0. The van der Waals surface area contributed by atoms with Crippen molar-refractivity contribution in [2.45, 2.75) is 43.8 Å². The Hall–Kier alpha value is -0.550. The molecule has 0 saturated heterocycles. The molecular formula is C11H20N4S. The highest BCUT2D eigenvalue weighted by Gasteiger charge is 2.19. The Morgan fingerprint density at radius 2 is 2.38 bits per heavy atom. The van der Waals surface area contributed by atoms with Crippen LogP contribution in [-0.2, 0) is 0 Å². The summed E-state index contributed by atoms with van der Waals surface area (Å²) in [6.07, 6.45) is 7.07. The number of nitrogens with one attached hydrogen (secondary N) is 2. The zero-order chi connectivity index (χ0) is 11.2. The largest absolute Gasteiger partial charge is 0.313 e. The quantitative estimate of drug-likeness (QED) is 0.611. The van der Waals surface area contributed by atoms with E-state index in [1.54, 1.807) is 18.1 Å². The van der Waals surface area contributed by atoms with Crippen LogP contribution in [-0.4, -0.2) is 33.5 Å². The first-order chi connectivity index (χ1) is 7.86. The summed E-state index contributed by atoms with van der Waals surface area (Å²) in [5.41, 5.74) is 0. The van der Waals surface area contributed by atoms with Crippen LogP contribution in [0.2, 0.25) is 0 Å². The van der Waals surface area contributed by atoms with Crippen molar-refractivity contribution >= 4 is 11.8 Å². The minimum atomic E-state index is 0.726. The van der Waals surface area contributed by atoms with E-state index in [0.29, 0.717) is 0 Å². The van der Waals surface area contributed by atoms with Crippen molar-refractivity contribution in [1.29, 1.82) is 0 Å². The molecule has 1 aromatic heterocycles. The first-order valence-corrected chi connectivity index (χ1v) is 7.06. The molecule has 0 bridgehead atoms. The lowest BCUT2D eigenvalue weighted by molar-refractivity contribution is 0.285. The molecule has 1 saturated carbocycles. The third-order valence-corrected chi connectivity index (χ3v) is 4.13. The van der Waals surface area contributed by atoms with Crippen molar-refractivity contribution in [2.75, 3.05) is 12.3 Å². The second-order valence-corrected chi connectivity index (χ2v) is 5.55. The molecule has 0 aliphatic heterocycles. The lowest BCUT2D eigenvalue weighted by Gasteiger charge is -2.29. The zero-order valence-corrected chi connectivity index (χ0v) is 10.6. The monoisotopic (exact) mass is 240 g/mol. The average molecular weight is 240 g/mol. The fourth-order valence-corrected chi connectivity index (χ4v) is 2.93. The molecule has 5 heteroatoms. The number of hydrogen-bond acceptors (Lipinski definition) is 4. The second kappa shape index (κ2) is 6.25. The summed E-state index contributed by atoms with van der Waals surface area (Å²) < 4.78 is 0. The highest BCUT2D eigenvalue weighted by atomic mass is 32.2. The van der Waals surface area contributed by atoms with Crippen LogP contribution in [0.1, 0.15) is 32.6 Å². The van der Waals surface area contributed by atoms with E-state index in [0.717, 1.165) is 29.4 Å². The minimum Gasteiger partial charge on any atom is -0.313 e. The number of rotatable bonds is 5. The van der Waals surface area contributed by atoms with Crippen molar-refractivity contribution < 1.29 is 0 Å². The molecule has 90 valence electrons. The van der Waals surface area contributed by atoms with Crippen molar-refractivity contribution in [3.05, 3.63) is 6.33 Å². The highest BCUT2D eigenvalue weighted by Crippen LogP contribution is 2.23. The summed E-state index contributed by atoms with van der Waals surface area (Å²) in [6.45, 7) is 3.42. The molecule has 0 aromatic carbocycles. The zero-order valence-electron chi connectivity index (χ0n) is 9.78. The molecule has 1 heterocycles. The van der Waals surface area contributed by atoms with Crippen molar-refractivity contribution in [1.82, 2.24) is 20.5 Å². The Morgan fingerprint density at radius 1 is 1.50 bits per heavy atom. The smallest absolute Gasteiger partial charge is 0.183 e. The van der Waals surface area contributed by atoms with Crippen molar-refractivity contribution in [3.63, 3.8) is 0 Å². The van der Waals surface area contributed by atoms with Gasteiger partial charge in [0.1, 0.15) is 6.33 Å². The molecule has 2 atom stereocenters. The molecule has 0 amide bonds. The third kappa shape index (κ3) is 3.49. The molecule has 0 spiro atoms. The van der Waals surface area contributed by atoms with Gasteiger partial charge in [-0.25, -0.2) is 4.98 Å². The van der Waals surface area contributed by atoms with Gasteiger partial charge in [0.15, 0.2) is 5.16 Å². The molecule has 4 nitrogen and oxygen atoms in total. The summed E-state index contributed by atoms with van der Waals surface area (Å²) in [6, 6.07) is 0.726. The summed E-state index contributed by atoms with van der Waals surface area (Å²) in [5, 5.41) is 11.3. The normalized spacial score (nSPS) is 25.8. The Bertz CT molecular complexity index is 288. The SMILES string of the molecule is CC1CCCCC1NCCSc1ncn[nH]1. The molecule has 2 rings (SSSR count). The van der Waals surface area contributed by atoms with Crippen LogP contribution in [0.3, 0.4) is 0 Å². The van der Waals surface area contributed by atoms with Gasteiger partial charge in [-0.3, -0.25) is 5.10 Å². The number of aromatic nitrogens is 3. The van der Waals surface area contributed by atoms with Gasteiger partial charge in [-0.05, 0) is 18.8 Å². The third-order valence-electron chi connectivity index (χ3n) is 3.25. The fraction of sp³-hybridized carbons (Fsp3) is 0.818. The highest BCUT2D eigenvalue weighted by molar-refractivity contribution is 7.99. The average Bonchev–Trinajstić information content (AvgIpc) is 2.79. The van der Waals surface area contributed by atoms with Crippen LogP contribution in [0.25, 0.3) is 0 Å². The number of thioether (sulfide) groups is 1. The lowest BCUT2D eigenvalue weighted by Crippen LogP contribution is -2.38. The minimum absolute atomic E-state index is 0.726. The number of hydrogen-bond donors (Lipinski definition) is 2. The van der Waals surface area contributed by atoms with Gasteiger partial charge in [0.2, 0.25) is 0 Å². The van der Waals surface area contributed by atoms with Crippen LogP contribution >= 0.6 is 11.8 Å². The van der Waals surface area contributed by atoms with Crippen LogP contribution in [0.4, 0.5) is 0 Å². The number of nitrogens with zero attached hydrogens (tertiary/aromatic N) is 2. The van der Waals surface area contributed by atoms with E-state index >= 15 is 0 Å². The molecule has 1 aromatic rings. The Kier molecular flexibility index (Phi) is 4.66. The predicted octanol–water partition coefficient (Wildman–Crippen LogP) is 2.07. The van der Waals surface area contributed by atoms with Gasteiger partial charge >= 0.3 is 0 Å². The first-order valence-electron chi connectivity index (χ1n) is 6.08. The van der Waals surface area contributed by atoms with Gasteiger partial charge in [-0.1, -0.05) is 31.5 Å². The summed E-state index contributed by atoms with van der Waals surface area (Å²) in [5.74, 6) is 1.89. The fourth-order valence-electron chi connectivity index (χ4n) is 2.28. The van der Waals surface area contributed by atoms with Crippen LogP contribution in [0, 0.1) is 5.92 Å². The van der Waals surface area contributed by atoms with Gasteiger partial charge in [-0.2, -0.15) is 5.10 Å². The molecule has 1 aliphatic carbocycles. The van der Waals surface area contributed by atoms with E-state index in [1.165, 1.54) is 25.7 Å². The van der Waals surface area contributed by atoms with Gasteiger partial charge in [0.05, 0.1) is 0 Å². The van der Waals surface area contributed by atoms with Crippen LogP contribution in [0.5, 0.6) is 0 Å². The summed E-state index contributed by atoms with van der Waals surface area (Å²) >= 11 is 1.73. The first kappa shape index (κ1) is 11.9. The maximum atomic E-state index is 4.08. The summed E-state index contributed by atoms with van der Waals surface area (Å²) in [4.78, 5) is 4.08. The predicted molar refractivity (Wildman–Crippen MR) is 66.5 cm³/mol. The standard InChI is InChI=1S/C11H20N4S/c1-9-4-2-3-5-10(9)12-6-7-16-11-13-8-14-15-11/h8-10,12H,2-7H2,1H3,(H,13,14,15). The Balaban J connectivity index is 1.60. The van der Waals surface area contributed by atoms with E-state index < -0.39 is 0 Å². The Labute approximate surface area is 101 Å². The van der Waals surface area contributed by atoms with E-state index in [-0.39, 0.29) is 0 Å². The van der Waals surface area contributed by atoms with E-state index in [1.807, 2.05) is 0 Å². The molecule has 0 radical (unpaired) electrons. The maximum absolute atomic E-state index is 4.08. The molecule has 2 unspecified atom stereocenters. The second-order valence-electron chi connectivity index (χ2n) is 4.46. The molecular weight excluding hydrogens is 220 g/mol. The van der Waals surface area contributed by atoms with Crippen LogP contribution in [0.15, 0.2) is 11.5 Å². The van der Waals surface area contributed by atoms with Crippen molar-refractivity contribution in [3.8, 4) is 0 Å². The van der Waals surface area contributed by atoms with Gasteiger partial charge in [0, 0.05) is 18.3 Å². The van der Waals surface area contributed by atoms with Gasteiger partial charge < -0.3 is 5.32 Å². The molecule has 16 heavy (non-hydrogen) atoms. The Morgan fingerprint density at radius 3 is 3.12 bits per heavy atom. The van der Waals surface area contributed by atoms with E-state index in [2.05, 4.69) is 27.4 Å².